The molecule has 1 aliphatic heterocycles. The number of alkyl halides is 3. The fourth-order valence-corrected chi connectivity index (χ4v) is 4.11. The zero-order valence-corrected chi connectivity index (χ0v) is 14.0. The molecule has 2 unspecified atom stereocenters. The van der Waals surface area contributed by atoms with Crippen LogP contribution in [0.25, 0.3) is 0 Å². The van der Waals surface area contributed by atoms with Gasteiger partial charge in [-0.05, 0) is 35.6 Å². The number of rotatable bonds is 5. The number of hydrogen-bond acceptors (Lipinski definition) is 4. The average Bonchev–Trinajstić information content (AvgIpc) is 2.98. The molecular weight excluding hydrogens is 357 g/mol. The van der Waals surface area contributed by atoms with E-state index in [2.05, 4.69) is 16.8 Å². The minimum atomic E-state index is -5.31. The quantitative estimate of drug-likeness (QED) is 0.797. The molecule has 0 radical (unpaired) electrons. The predicted octanol–water partition coefficient (Wildman–Crippen LogP) is 1.71. The molecule has 1 saturated heterocycles. The maximum absolute atomic E-state index is 12.5. The van der Waals surface area contributed by atoms with Crippen molar-refractivity contribution in [3.63, 3.8) is 0 Å². The Hall–Kier alpha value is -1.87. The van der Waals surface area contributed by atoms with E-state index in [-0.39, 0.29) is 11.9 Å². The molecule has 2 atom stereocenters. The molecule has 1 amide bonds. The highest BCUT2D eigenvalue weighted by Gasteiger charge is 2.56. The van der Waals surface area contributed by atoms with Gasteiger partial charge in [-0.1, -0.05) is 18.7 Å². The number of fused-ring (bicyclic) bond motifs is 1. The Labute approximate surface area is 143 Å². The number of amides is 1. The highest BCUT2D eigenvalue weighted by Crippen LogP contribution is 2.45. The maximum atomic E-state index is 12.5. The van der Waals surface area contributed by atoms with Crippen LogP contribution in [0.2, 0.25) is 0 Å². The van der Waals surface area contributed by atoms with Gasteiger partial charge in [-0.15, -0.1) is 0 Å². The van der Waals surface area contributed by atoms with Gasteiger partial charge < -0.3 is 5.32 Å². The number of sulfone groups is 1. The summed E-state index contributed by atoms with van der Waals surface area (Å²) in [5, 5.41) is 2.87. The van der Waals surface area contributed by atoms with Crippen molar-refractivity contribution in [1.29, 1.82) is 0 Å². The van der Waals surface area contributed by atoms with Crippen LogP contribution in [0.5, 0.6) is 0 Å². The van der Waals surface area contributed by atoms with Crippen LogP contribution in [0.3, 0.4) is 0 Å². The van der Waals surface area contributed by atoms with E-state index >= 15 is 0 Å². The molecule has 3 rings (SSSR count). The molecule has 2 aliphatic rings. The second-order valence-corrected chi connectivity index (χ2v) is 8.29. The second kappa shape index (κ2) is 6.14. The third-order valence-electron chi connectivity index (χ3n) is 4.71. The lowest BCUT2D eigenvalue weighted by Crippen LogP contribution is -2.33. The van der Waals surface area contributed by atoms with E-state index < -0.39 is 20.2 Å². The Morgan fingerprint density at radius 2 is 1.80 bits per heavy atom. The SMILES string of the molecule is C=CC(=O)NC1C2CN(Cc3ccc(S(=O)(=O)C(F)(F)F)cc3)CC21. The Kier molecular flexibility index (Phi) is 4.40. The number of hydrogen-bond donors (Lipinski definition) is 1. The number of nitrogens with zero attached hydrogens (tertiary/aromatic N) is 1. The van der Waals surface area contributed by atoms with E-state index in [1.54, 1.807) is 0 Å². The normalized spacial score (nSPS) is 26.1. The summed E-state index contributed by atoms with van der Waals surface area (Å²) in [5.41, 5.74) is -4.55. The molecule has 1 saturated carbocycles. The lowest BCUT2D eigenvalue weighted by atomic mass is 10.2. The monoisotopic (exact) mass is 374 g/mol. The lowest BCUT2D eigenvalue weighted by molar-refractivity contribution is -0.116. The van der Waals surface area contributed by atoms with Crippen molar-refractivity contribution >= 4 is 15.7 Å². The van der Waals surface area contributed by atoms with Crippen molar-refractivity contribution in [2.45, 2.75) is 23.0 Å². The topological polar surface area (TPSA) is 66.5 Å². The first-order valence-electron chi connectivity index (χ1n) is 7.69. The molecule has 0 bridgehead atoms. The zero-order chi connectivity index (χ0) is 18.4. The van der Waals surface area contributed by atoms with Crippen LogP contribution >= 0.6 is 0 Å². The van der Waals surface area contributed by atoms with Crippen molar-refractivity contribution < 1.29 is 26.4 Å². The molecule has 2 fully saturated rings. The van der Waals surface area contributed by atoms with Gasteiger partial charge in [0.25, 0.3) is 9.84 Å². The van der Waals surface area contributed by atoms with Gasteiger partial charge in [0.1, 0.15) is 0 Å². The molecule has 9 heteroatoms. The molecule has 136 valence electrons. The number of halogens is 3. The molecule has 0 spiro atoms. The standard InChI is InChI=1S/C16H17F3N2O3S/c1-2-14(22)20-15-12-8-21(9-13(12)15)7-10-3-5-11(6-4-10)25(23,24)16(17,18)19/h2-6,12-13,15H,1,7-9H2,(H,20,22). The van der Waals surface area contributed by atoms with Crippen LogP contribution in [-0.2, 0) is 21.2 Å². The third-order valence-corrected chi connectivity index (χ3v) is 6.21. The van der Waals surface area contributed by atoms with Crippen molar-refractivity contribution in [1.82, 2.24) is 10.2 Å². The molecular formula is C16H17F3N2O3S. The molecule has 0 aromatic heterocycles. The minimum Gasteiger partial charge on any atom is -0.349 e. The van der Waals surface area contributed by atoms with Gasteiger partial charge in [0, 0.05) is 25.7 Å². The van der Waals surface area contributed by atoms with Gasteiger partial charge >= 0.3 is 5.51 Å². The highest BCUT2D eigenvalue weighted by molar-refractivity contribution is 7.92. The average molecular weight is 374 g/mol. The van der Waals surface area contributed by atoms with Gasteiger partial charge in [-0.3, -0.25) is 9.69 Å². The van der Waals surface area contributed by atoms with Crippen molar-refractivity contribution in [2.75, 3.05) is 13.1 Å². The van der Waals surface area contributed by atoms with Crippen molar-refractivity contribution in [3.05, 3.63) is 42.5 Å². The Balaban J connectivity index is 1.56. The van der Waals surface area contributed by atoms with Gasteiger partial charge in [0.2, 0.25) is 5.91 Å². The van der Waals surface area contributed by atoms with E-state index in [1.807, 2.05) is 0 Å². The summed E-state index contributed by atoms with van der Waals surface area (Å²) < 4.78 is 60.2. The molecule has 1 aliphatic carbocycles. The molecule has 1 heterocycles. The molecule has 1 aromatic carbocycles. The Morgan fingerprint density at radius 3 is 2.28 bits per heavy atom. The van der Waals surface area contributed by atoms with E-state index in [0.717, 1.165) is 30.8 Å². The fraction of sp³-hybridized carbons (Fsp3) is 0.438. The van der Waals surface area contributed by atoms with Gasteiger partial charge in [-0.2, -0.15) is 13.2 Å². The molecule has 1 N–H and O–H groups in total. The number of likely N-dealkylation sites (tertiary alicyclic amines) is 1. The van der Waals surface area contributed by atoms with E-state index in [4.69, 9.17) is 0 Å². The summed E-state index contributed by atoms with van der Waals surface area (Å²) in [6.07, 6.45) is 1.24. The van der Waals surface area contributed by atoms with Gasteiger partial charge in [0.05, 0.1) is 4.90 Å². The Morgan fingerprint density at radius 1 is 1.24 bits per heavy atom. The summed E-state index contributed by atoms with van der Waals surface area (Å²) >= 11 is 0. The first-order valence-corrected chi connectivity index (χ1v) is 9.17. The van der Waals surface area contributed by atoms with Crippen LogP contribution in [0.4, 0.5) is 13.2 Å². The van der Waals surface area contributed by atoms with E-state index in [0.29, 0.717) is 18.4 Å². The number of benzene rings is 1. The van der Waals surface area contributed by atoms with E-state index in [1.165, 1.54) is 18.2 Å². The first-order chi connectivity index (χ1) is 11.6. The highest BCUT2D eigenvalue weighted by atomic mass is 32.2. The van der Waals surface area contributed by atoms with Gasteiger partial charge in [0.15, 0.2) is 0 Å². The number of carbonyl (C=O) groups excluding carboxylic acids is 1. The molecule has 5 nitrogen and oxygen atoms in total. The zero-order valence-electron chi connectivity index (χ0n) is 13.2. The largest absolute Gasteiger partial charge is 0.501 e. The molecule has 1 aromatic rings. The summed E-state index contributed by atoms with van der Waals surface area (Å²) in [6.45, 7) is 5.51. The third kappa shape index (κ3) is 3.43. The molecule has 25 heavy (non-hydrogen) atoms. The first kappa shape index (κ1) is 17.9. The van der Waals surface area contributed by atoms with Crippen molar-refractivity contribution in [3.8, 4) is 0 Å². The summed E-state index contributed by atoms with van der Waals surface area (Å²) in [4.78, 5) is 12.7. The summed E-state index contributed by atoms with van der Waals surface area (Å²) in [5.74, 6) is 0.579. The van der Waals surface area contributed by atoms with E-state index in [9.17, 15) is 26.4 Å². The van der Waals surface area contributed by atoms with Crippen LogP contribution in [0, 0.1) is 11.8 Å². The smallest absolute Gasteiger partial charge is 0.349 e. The Bertz CT molecular complexity index is 778. The minimum absolute atomic E-state index is 0.168. The number of piperidine rings is 1. The van der Waals surface area contributed by atoms with Crippen LogP contribution in [0.15, 0.2) is 41.8 Å². The summed E-state index contributed by atoms with van der Waals surface area (Å²) in [6, 6.07) is 4.95. The second-order valence-electron chi connectivity index (χ2n) is 6.35. The number of carbonyl (C=O) groups is 1. The fourth-order valence-electron chi connectivity index (χ4n) is 3.35. The number of nitrogens with one attached hydrogen (secondary N) is 1. The summed E-state index contributed by atoms with van der Waals surface area (Å²) in [7, 11) is -5.31. The predicted molar refractivity (Wildman–Crippen MR) is 84.1 cm³/mol. The van der Waals surface area contributed by atoms with Crippen LogP contribution in [0.1, 0.15) is 5.56 Å². The van der Waals surface area contributed by atoms with Gasteiger partial charge in [-0.25, -0.2) is 8.42 Å². The van der Waals surface area contributed by atoms with Crippen molar-refractivity contribution in [2.24, 2.45) is 11.8 Å². The van der Waals surface area contributed by atoms with Crippen LogP contribution in [-0.4, -0.2) is 43.9 Å². The maximum Gasteiger partial charge on any atom is 0.501 e. The van der Waals surface area contributed by atoms with Crippen LogP contribution < -0.4 is 5.32 Å². The lowest BCUT2D eigenvalue weighted by Gasteiger charge is -2.20.